The first-order valence-corrected chi connectivity index (χ1v) is 9.26. The van der Waals surface area contributed by atoms with Gasteiger partial charge in [-0.25, -0.2) is 4.79 Å². The summed E-state index contributed by atoms with van der Waals surface area (Å²) in [5.41, 5.74) is 1.89. The molecule has 5 heteroatoms. The van der Waals surface area contributed by atoms with Crippen LogP contribution in [0.25, 0.3) is 0 Å². The van der Waals surface area contributed by atoms with E-state index in [1.165, 1.54) is 0 Å². The lowest BCUT2D eigenvalue weighted by atomic mass is 9.94. The molecule has 27 heavy (non-hydrogen) atoms. The zero-order chi connectivity index (χ0) is 19.6. The number of carboxylic acid groups (broad SMARTS) is 1. The number of aliphatic carboxylic acids is 1. The summed E-state index contributed by atoms with van der Waals surface area (Å²) < 4.78 is 5.76. The van der Waals surface area contributed by atoms with Gasteiger partial charge in [-0.05, 0) is 35.6 Å². The van der Waals surface area contributed by atoms with Gasteiger partial charge in [0.2, 0.25) is 0 Å². The highest BCUT2D eigenvalue weighted by Crippen LogP contribution is 2.33. The van der Waals surface area contributed by atoms with Gasteiger partial charge >= 0.3 is 5.97 Å². The van der Waals surface area contributed by atoms with Crippen LogP contribution < -0.4 is 10.1 Å². The molecule has 0 atom stereocenters. The Morgan fingerprint density at radius 1 is 1.11 bits per heavy atom. The number of amides is 1. The van der Waals surface area contributed by atoms with Crippen molar-refractivity contribution in [1.82, 2.24) is 5.32 Å². The molecular formula is C22H25NO4. The number of fused-ring (bicyclic) bond motifs is 1. The number of benzene rings is 2. The van der Waals surface area contributed by atoms with Crippen molar-refractivity contribution in [3.63, 3.8) is 0 Å². The lowest BCUT2D eigenvalue weighted by Crippen LogP contribution is -2.55. The quantitative estimate of drug-likeness (QED) is 0.819. The summed E-state index contributed by atoms with van der Waals surface area (Å²) in [6, 6.07) is 13.0. The topological polar surface area (TPSA) is 75.6 Å². The van der Waals surface area contributed by atoms with Gasteiger partial charge in [-0.2, -0.15) is 0 Å². The molecule has 1 aliphatic rings. The number of ether oxygens (including phenoxy) is 1. The Labute approximate surface area is 159 Å². The van der Waals surface area contributed by atoms with Crippen LogP contribution in [0.2, 0.25) is 0 Å². The predicted molar refractivity (Wildman–Crippen MR) is 103 cm³/mol. The van der Waals surface area contributed by atoms with Gasteiger partial charge in [0.1, 0.15) is 11.3 Å². The first-order valence-electron chi connectivity index (χ1n) is 9.26. The number of carbonyl (C=O) groups is 2. The molecule has 1 aliphatic carbocycles. The van der Waals surface area contributed by atoms with Crippen LogP contribution in [0.15, 0.2) is 42.5 Å². The van der Waals surface area contributed by atoms with Gasteiger partial charge in [-0.15, -0.1) is 0 Å². The number of nitrogens with one attached hydrogen (secondary N) is 1. The van der Waals surface area contributed by atoms with Gasteiger partial charge in [0.05, 0.1) is 12.2 Å². The highest BCUT2D eigenvalue weighted by molar-refractivity contribution is 6.00. The Hall–Kier alpha value is -2.82. The summed E-state index contributed by atoms with van der Waals surface area (Å²) in [6.07, 6.45) is 0.552. The second kappa shape index (κ2) is 7.43. The molecule has 2 N–H and O–H groups in total. The zero-order valence-corrected chi connectivity index (χ0v) is 15.9. The Morgan fingerprint density at radius 2 is 1.74 bits per heavy atom. The summed E-state index contributed by atoms with van der Waals surface area (Å²) in [7, 11) is 0. The van der Waals surface area contributed by atoms with Crippen LogP contribution >= 0.6 is 0 Å². The van der Waals surface area contributed by atoms with Crippen molar-refractivity contribution in [2.45, 2.75) is 45.1 Å². The van der Waals surface area contributed by atoms with Crippen molar-refractivity contribution < 1.29 is 19.4 Å². The Bertz CT molecular complexity index is 847. The van der Waals surface area contributed by atoms with E-state index in [1.807, 2.05) is 57.2 Å². The van der Waals surface area contributed by atoms with E-state index in [1.54, 1.807) is 6.07 Å². The summed E-state index contributed by atoms with van der Waals surface area (Å²) in [4.78, 5) is 25.2. The van der Waals surface area contributed by atoms with Gasteiger partial charge in [-0.1, -0.05) is 50.2 Å². The molecule has 0 fully saturated rings. The maximum Gasteiger partial charge on any atom is 0.330 e. The lowest BCUT2D eigenvalue weighted by molar-refractivity contribution is -0.144. The summed E-state index contributed by atoms with van der Waals surface area (Å²) in [5.74, 6) is -0.729. The summed E-state index contributed by atoms with van der Waals surface area (Å²) in [5, 5.41) is 12.7. The van der Waals surface area contributed by atoms with Gasteiger partial charge in [0, 0.05) is 12.8 Å². The largest absolute Gasteiger partial charge is 0.493 e. The van der Waals surface area contributed by atoms with E-state index < -0.39 is 17.4 Å². The third kappa shape index (κ3) is 3.54. The lowest BCUT2D eigenvalue weighted by Gasteiger charge is -2.26. The molecule has 0 saturated carbocycles. The second-order valence-electron chi connectivity index (χ2n) is 7.28. The number of hydrogen-bond acceptors (Lipinski definition) is 3. The fourth-order valence-corrected chi connectivity index (χ4v) is 3.69. The van der Waals surface area contributed by atoms with Crippen LogP contribution in [0.3, 0.4) is 0 Å². The van der Waals surface area contributed by atoms with Gasteiger partial charge < -0.3 is 15.2 Å². The number of carbonyl (C=O) groups excluding carboxylic acids is 1. The Balaban J connectivity index is 1.95. The third-order valence-electron chi connectivity index (χ3n) is 5.07. The Morgan fingerprint density at radius 3 is 2.26 bits per heavy atom. The zero-order valence-electron chi connectivity index (χ0n) is 15.9. The van der Waals surface area contributed by atoms with E-state index >= 15 is 0 Å². The van der Waals surface area contributed by atoms with E-state index in [4.69, 9.17) is 4.74 Å². The van der Waals surface area contributed by atoms with Crippen molar-refractivity contribution in [2.24, 2.45) is 0 Å². The van der Waals surface area contributed by atoms with E-state index in [0.717, 1.165) is 16.7 Å². The SMILES string of the molecule is CCOc1c(C(=O)NC2(C(=O)O)Cc3ccccc3C2)cccc1C(C)C. The third-order valence-corrected chi connectivity index (χ3v) is 5.07. The molecule has 0 spiro atoms. The van der Waals surface area contributed by atoms with Crippen LogP contribution in [0.5, 0.6) is 5.75 Å². The second-order valence-corrected chi connectivity index (χ2v) is 7.28. The molecule has 3 rings (SSSR count). The van der Waals surface area contributed by atoms with Crippen molar-refractivity contribution in [3.05, 3.63) is 64.7 Å². The van der Waals surface area contributed by atoms with Gasteiger partial charge in [0.15, 0.2) is 0 Å². The summed E-state index contributed by atoms with van der Waals surface area (Å²) >= 11 is 0. The average molecular weight is 367 g/mol. The fraction of sp³-hybridized carbons (Fsp3) is 0.364. The van der Waals surface area contributed by atoms with Crippen molar-refractivity contribution in [2.75, 3.05) is 6.61 Å². The van der Waals surface area contributed by atoms with E-state index in [9.17, 15) is 14.7 Å². The summed E-state index contributed by atoms with van der Waals surface area (Å²) in [6.45, 7) is 6.36. The standard InChI is InChI=1S/C22H25NO4/c1-4-27-19-17(14(2)3)10-7-11-18(19)20(24)23-22(21(25)26)12-15-8-5-6-9-16(15)13-22/h5-11,14H,4,12-13H2,1-3H3,(H,23,24)(H,25,26). The van der Waals surface area contributed by atoms with Crippen LogP contribution in [-0.2, 0) is 17.6 Å². The molecule has 0 unspecified atom stereocenters. The van der Waals surface area contributed by atoms with Crippen LogP contribution in [-0.4, -0.2) is 29.1 Å². The molecular weight excluding hydrogens is 342 g/mol. The molecule has 1 amide bonds. The van der Waals surface area contributed by atoms with Crippen molar-refractivity contribution in [1.29, 1.82) is 0 Å². The van der Waals surface area contributed by atoms with Crippen molar-refractivity contribution >= 4 is 11.9 Å². The van der Waals surface area contributed by atoms with Crippen molar-refractivity contribution in [3.8, 4) is 5.75 Å². The van der Waals surface area contributed by atoms with Gasteiger partial charge in [0.25, 0.3) is 5.91 Å². The molecule has 142 valence electrons. The Kier molecular flexibility index (Phi) is 5.22. The predicted octanol–water partition coefficient (Wildman–Crippen LogP) is 3.56. The first-order chi connectivity index (χ1) is 12.9. The minimum atomic E-state index is -1.34. The molecule has 0 aromatic heterocycles. The number of hydrogen-bond donors (Lipinski definition) is 2. The van der Waals surface area contributed by atoms with E-state index in [-0.39, 0.29) is 18.8 Å². The number of rotatable bonds is 6. The highest BCUT2D eigenvalue weighted by Gasteiger charge is 2.45. The smallest absolute Gasteiger partial charge is 0.330 e. The number of carboxylic acids is 1. The van der Waals surface area contributed by atoms with Crippen LogP contribution in [0.4, 0.5) is 0 Å². The molecule has 0 aliphatic heterocycles. The molecule has 0 bridgehead atoms. The highest BCUT2D eigenvalue weighted by atomic mass is 16.5. The maximum absolute atomic E-state index is 13.1. The van der Waals surface area contributed by atoms with E-state index in [2.05, 4.69) is 5.32 Å². The fourth-order valence-electron chi connectivity index (χ4n) is 3.69. The van der Waals surface area contributed by atoms with E-state index in [0.29, 0.717) is 17.9 Å². The monoisotopic (exact) mass is 367 g/mol. The number of para-hydroxylation sites is 1. The molecule has 5 nitrogen and oxygen atoms in total. The molecule has 0 saturated heterocycles. The average Bonchev–Trinajstić information content (AvgIpc) is 3.01. The molecule has 2 aromatic rings. The normalized spacial score (nSPS) is 14.7. The van der Waals surface area contributed by atoms with Crippen LogP contribution in [0, 0.1) is 0 Å². The molecule has 0 heterocycles. The minimum Gasteiger partial charge on any atom is -0.493 e. The van der Waals surface area contributed by atoms with Crippen LogP contribution in [0.1, 0.15) is 53.7 Å². The van der Waals surface area contributed by atoms with Gasteiger partial charge in [-0.3, -0.25) is 4.79 Å². The molecule has 2 aromatic carbocycles. The molecule has 0 radical (unpaired) electrons. The maximum atomic E-state index is 13.1. The first kappa shape index (κ1) is 19.0. The minimum absolute atomic E-state index is 0.184.